The Balaban J connectivity index is 2.27. The Morgan fingerprint density at radius 2 is 2.00 bits per heavy atom. The summed E-state index contributed by atoms with van der Waals surface area (Å²) in [6, 6.07) is 11.4. The van der Waals surface area contributed by atoms with Gasteiger partial charge in [-0.15, -0.1) is 0 Å². The van der Waals surface area contributed by atoms with Crippen molar-refractivity contribution in [3.8, 4) is 11.5 Å². The third-order valence-corrected chi connectivity index (χ3v) is 3.49. The summed E-state index contributed by atoms with van der Waals surface area (Å²) in [6.07, 6.45) is 1.79. The van der Waals surface area contributed by atoms with Crippen molar-refractivity contribution in [2.24, 2.45) is 4.99 Å². The Morgan fingerprint density at radius 3 is 2.71 bits per heavy atom. The van der Waals surface area contributed by atoms with Crippen molar-refractivity contribution in [3.63, 3.8) is 0 Å². The number of methoxy groups -OCH3 is 1. The van der Waals surface area contributed by atoms with Crippen LogP contribution in [0, 0.1) is 6.92 Å². The highest BCUT2D eigenvalue weighted by molar-refractivity contribution is 6.31. The average Bonchev–Trinajstić information content (AvgIpc) is 2.50. The van der Waals surface area contributed by atoms with Crippen molar-refractivity contribution >= 4 is 23.5 Å². The summed E-state index contributed by atoms with van der Waals surface area (Å²) in [5.74, 6) is 1.43. The quantitative estimate of drug-likeness (QED) is 0.742. The number of hydrogen-bond acceptors (Lipinski definition) is 3. The van der Waals surface area contributed by atoms with E-state index in [1.54, 1.807) is 13.3 Å². The molecule has 0 spiro atoms. The zero-order valence-electron chi connectivity index (χ0n) is 12.4. The third kappa shape index (κ3) is 3.76. The molecule has 0 N–H and O–H groups in total. The zero-order chi connectivity index (χ0) is 15.2. The molecule has 0 unspecified atom stereocenters. The lowest BCUT2D eigenvalue weighted by Crippen LogP contribution is -1.96. The molecule has 0 bridgehead atoms. The summed E-state index contributed by atoms with van der Waals surface area (Å²) < 4.78 is 10.8. The summed E-state index contributed by atoms with van der Waals surface area (Å²) in [4.78, 5) is 4.48. The highest BCUT2D eigenvalue weighted by Crippen LogP contribution is 2.28. The van der Waals surface area contributed by atoms with Crippen molar-refractivity contribution < 1.29 is 9.47 Å². The Morgan fingerprint density at radius 1 is 1.19 bits per heavy atom. The first-order valence-electron chi connectivity index (χ1n) is 6.75. The van der Waals surface area contributed by atoms with Gasteiger partial charge in [-0.1, -0.05) is 17.7 Å². The van der Waals surface area contributed by atoms with Crippen molar-refractivity contribution in [1.82, 2.24) is 0 Å². The molecule has 2 rings (SSSR count). The monoisotopic (exact) mass is 303 g/mol. The second kappa shape index (κ2) is 7.14. The van der Waals surface area contributed by atoms with Crippen LogP contribution in [0.15, 0.2) is 41.4 Å². The maximum atomic E-state index is 6.09. The van der Waals surface area contributed by atoms with Crippen LogP contribution in [0.3, 0.4) is 0 Å². The Hall–Kier alpha value is -2.00. The molecule has 0 atom stereocenters. The molecule has 0 amide bonds. The minimum atomic E-state index is 0.603. The summed E-state index contributed by atoms with van der Waals surface area (Å²) >= 11 is 6.09. The highest BCUT2D eigenvalue weighted by Gasteiger charge is 2.04. The number of benzene rings is 2. The van der Waals surface area contributed by atoms with E-state index in [0.29, 0.717) is 17.4 Å². The van der Waals surface area contributed by atoms with Crippen LogP contribution in [0.4, 0.5) is 5.69 Å². The number of rotatable bonds is 5. The van der Waals surface area contributed by atoms with Gasteiger partial charge in [0.25, 0.3) is 0 Å². The van der Waals surface area contributed by atoms with Crippen LogP contribution < -0.4 is 9.47 Å². The summed E-state index contributed by atoms with van der Waals surface area (Å²) in [5, 5.41) is 0.717. The third-order valence-electron chi connectivity index (χ3n) is 3.08. The van der Waals surface area contributed by atoms with Gasteiger partial charge in [0.1, 0.15) is 0 Å². The molecular weight excluding hydrogens is 286 g/mol. The van der Waals surface area contributed by atoms with Gasteiger partial charge in [0, 0.05) is 11.2 Å². The zero-order valence-corrected chi connectivity index (χ0v) is 13.1. The predicted molar refractivity (Wildman–Crippen MR) is 87.6 cm³/mol. The van der Waals surface area contributed by atoms with Crippen LogP contribution in [0.2, 0.25) is 5.02 Å². The lowest BCUT2D eigenvalue weighted by molar-refractivity contribution is 0.311. The van der Waals surface area contributed by atoms with E-state index >= 15 is 0 Å². The van der Waals surface area contributed by atoms with Gasteiger partial charge in [-0.05, 0) is 55.3 Å². The molecule has 0 aromatic heterocycles. The molecule has 0 aliphatic rings. The van der Waals surface area contributed by atoms with Crippen LogP contribution in [0.25, 0.3) is 0 Å². The molecule has 110 valence electrons. The molecule has 0 fully saturated rings. The second-order valence-electron chi connectivity index (χ2n) is 4.49. The van der Waals surface area contributed by atoms with Gasteiger partial charge in [0.15, 0.2) is 11.5 Å². The van der Waals surface area contributed by atoms with Crippen molar-refractivity contribution in [1.29, 1.82) is 0 Å². The molecule has 0 saturated carbocycles. The van der Waals surface area contributed by atoms with Crippen LogP contribution in [0.5, 0.6) is 11.5 Å². The summed E-state index contributed by atoms with van der Waals surface area (Å²) in [6.45, 7) is 4.50. The Bertz CT molecular complexity index is 653. The van der Waals surface area contributed by atoms with Gasteiger partial charge >= 0.3 is 0 Å². The Kier molecular flexibility index (Phi) is 5.23. The number of nitrogens with zero attached hydrogens (tertiary/aromatic N) is 1. The molecule has 2 aromatic carbocycles. The maximum Gasteiger partial charge on any atom is 0.161 e. The molecule has 0 saturated heterocycles. The van der Waals surface area contributed by atoms with E-state index < -0.39 is 0 Å². The topological polar surface area (TPSA) is 30.8 Å². The van der Waals surface area contributed by atoms with Crippen molar-refractivity contribution in [3.05, 3.63) is 52.5 Å². The minimum absolute atomic E-state index is 0.603. The Labute approximate surface area is 130 Å². The van der Waals surface area contributed by atoms with E-state index in [0.717, 1.165) is 22.6 Å². The molecule has 0 aliphatic carbocycles. The van der Waals surface area contributed by atoms with Gasteiger partial charge in [-0.2, -0.15) is 0 Å². The predicted octanol–water partition coefficient (Wildman–Crippen LogP) is 4.81. The van der Waals surface area contributed by atoms with Crippen molar-refractivity contribution in [2.75, 3.05) is 13.7 Å². The van der Waals surface area contributed by atoms with E-state index in [1.165, 1.54) is 0 Å². The maximum absolute atomic E-state index is 6.09. The van der Waals surface area contributed by atoms with Gasteiger partial charge in [0.05, 0.1) is 19.4 Å². The van der Waals surface area contributed by atoms with E-state index in [1.807, 2.05) is 50.2 Å². The number of aliphatic imine (C=N–C) groups is 1. The lowest BCUT2D eigenvalue weighted by atomic mass is 10.2. The van der Waals surface area contributed by atoms with Crippen LogP contribution in [-0.4, -0.2) is 19.9 Å². The smallest absolute Gasteiger partial charge is 0.161 e. The first-order chi connectivity index (χ1) is 10.2. The normalized spacial score (nSPS) is 10.9. The number of hydrogen-bond donors (Lipinski definition) is 0. The van der Waals surface area contributed by atoms with Crippen LogP contribution >= 0.6 is 11.6 Å². The molecule has 0 aliphatic heterocycles. The van der Waals surface area contributed by atoms with Gasteiger partial charge in [-0.25, -0.2) is 0 Å². The SMILES string of the molecule is CCOc1ccc(C=Nc2cccc(Cl)c2C)cc1OC. The van der Waals surface area contributed by atoms with E-state index in [-0.39, 0.29) is 0 Å². The van der Waals surface area contributed by atoms with Crippen LogP contribution in [0.1, 0.15) is 18.1 Å². The van der Waals surface area contributed by atoms with Gasteiger partial charge < -0.3 is 9.47 Å². The molecular formula is C17H18ClNO2. The fourth-order valence-corrected chi connectivity index (χ4v) is 2.09. The molecule has 0 heterocycles. The fraction of sp³-hybridized carbons (Fsp3) is 0.235. The molecule has 4 heteroatoms. The standard InChI is InChI=1S/C17H18ClNO2/c1-4-21-16-9-8-13(10-17(16)20-3)11-19-15-7-5-6-14(18)12(15)2/h5-11H,4H2,1-3H3. The van der Waals surface area contributed by atoms with Crippen LogP contribution in [-0.2, 0) is 0 Å². The highest BCUT2D eigenvalue weighted by atomic mass is 35.5. The molecule has 3 nitrogen and oxygen atoms in total. The first kappa shape index (κ1) is 15.4. The molecule has 21 heavy (non-hydrogen) atoms. The lowest BCUT2D eigenvalue weighted by Gasteiger charge is -2.09. The fourth-order valence-electron chi connectivity index (χ4n) is 1.92. The molecule has 2 aromatic rings. The summed E-state index contributed by atoms with van der Waals surface area (Å²) in [5.41, 5.74) is 2.76. The van der Waals surface area contributed by atoms with Gasteiger partial charge in [-0.3, -0.25) is 4.99 Å². The van der Waals surface area contributed by atoms with E-state index in [9.17, 15) is 0 Å². The molecule has 0 radical (unpaired) electrons. The van der Waals surface area contributed by atoms with Crippen molar-refractivity contribution in [2.45, 2.75) is 13.8 Å². The van der Waals surface area contributed by atoms with Gasteiger partial charge in [0.2, 0.25) is 0 Å². The minimum Gasteiger partial charge on any atom is -0.493 e. The average molecular weight is 304 g/mol. The number of halogens is 1. The first-order valence-corrected chi connectivity index (χ1v) is 7.13. The number of ether oxygens (including phenoxy) is 2. The van der Waals surface area contributed by atoms with E-state index in [2.05, 4.69) is 4.99 Å². The second-order valence-corrected chi connectivity index (χ2v) is 4.89. The summed E-state index contributed by atoms with van der Waals surface area (Å²) in [7, 11) is 1.62. The van der Waals surface area contributed by atoms with E-state index in [4.69, 9.17) is 21.1 Å². The largest absolute Gasteiger partial charge is 0.493 e.